The number of anilines is 1. The number of urea groups is 1. The van der Waals surface area contributed by atoms with Crippen molar-refractivity contribution in [2.75, 3.05) is 11.9 Å². The molecule has 1 aromatic heterocycles. The van der Waals surface area contributed by atoms with Gasteiger partial charge < -0.3 is 15.7 Å². The average Bonchev–Trinajstić information content (AvgIpc) is 3.03. The van der Waals surface area contributed by atoms with Gasteiger partial charge in [0.2, 0.25) is 0 Å². The van der Waals surface area contributed by atoms with Crippen molar-refractivity contribution in [1.82, 2.24) is 20.3 Å². The first-order valence-electron chi connectivity index (χ1n) is 8.39. The van der Waals surface area contributed by atoms with E-state index in [0.29, 0.717) is 5.69 Å². The standard InChI is InChI=1S/C17H23N5O2/c23-16(18-13-17(24)9-3-1-2-4-10-17)20-14-5-7-15(8-6-14)22-12-11-19-21-22/h5-8,11-12,24H,1-4,9-10,13H2,(H2,18,20,23). The van der Waals surface area contributed by atoms with E-state index in [9.17, 15) is 9.90 Å². The van der Waals surface area contributed by atoms with Gasteiger partial charge in [-0.05, 0) is 37.1 Å². The molecule has 7 nitrogen and oxygen atoms in total. The molecule has 0 spiro atoms. The number of aromatic nitrogens is 3. The van der Waals surface area contributed by atoms with Gasteiger partial charge in [0.15, 0.2) is 0 Å². The minimum atomic E-state index is -0.773. The molecule has 3 rings (SSSR count). The molecule has 2 aromatic rings. The molecule has 0 saturated heterocycles. The van der Waals surface area contributed by atoms with E-state index in [1.165, 1.54) is 0 Å². The van der Waals surface area contributed by atoms with E-state index in [1.807, 2.05) is 12.1 Å². The highest BCUT2D eigenvalue weighted by Gasteiger charge is 2.28. The number of nitrogens with one attached hydrogen (secondary N) is 2. The zero-order valence-corrected chi connectivity index (χ0v) is 13.6. The van der Waals surface area contributed by atoms with Crippen molar-refractivity contribution in [3.63, 3.8) is 0 Å². The number of carbonyl (C=O) groups excluding carboxylic acids is 1. The largest absolute Gasteiger partial charge is 0.388 e. The molecule has 0 aliphatic heterocycles. The van der Waals surface area contributed by atoms with Crippen LogP contribution in [0.1, 0.15) is 38.5 Å². The first-order valence-corrected chi connectivity index (χ1v) is 8.39. The van der Waals surface area contributed by atoms with Crippen LogP contribution in [0.2, 0.25) is 0 Å². The van der Waals surface area contributed by atoms with E-state index in [2.05, 4.69) is 20.9 Å². The summed E-state index contributed by atoms with van der Waals surface area (Å²) in [5, 5.41) is 23.8. The molecule has 24 heavy (non-hydrogen) atoms. The van der Waals surface area contributed by atoms with Crippen molar-refractivity contribution in [2.24, 2.45) is 0 Å². The van der Waals surface area contributed by atoms with Crippen LogP contribution in [0.25, 0.3) is 5.69 Å². The molecule has 0 atom stereocenters. The molecule has 1 aliphatic rings. The van der Waals surface area contributed by atoms with Crippen LogP contribution >= 0.6 is 0 Å². The minimum Gasteiger partial charge on any atom is -0.388 e. The van der Waals surface area contributed by atoms with E-state index in [-0.39, 0.29) is 12.6 Å². The highest BCUT2D eigenvalue weighted by molar-refractivity contribution is 5.89. The summed E-state index contributed by atoms with van der Waals surface area (Å²) < 4.78 is 1.64. The van der Waals surface area contributed by atoms with E-state index < -0.39 is 5.60 Å². The quantitative estimate of drug-likeness (QED) is 0.751. The van der Waals surface area contributed by atoms with Crippen LogP contribution in [-0.2, 0) is 0 Å². The highest BCUT2D eigenvalue weighted by Crippen LogP contribution is 2.26. The minimum absolute atomic E-state index is 0.288. The van der Waals surface area contributed by atoms with Crippen LogP contribution in [0.5, 0.6) is 0 Å². The zero-order chi connectivity index (χ0) is 16.8. The van der Waals surface area contributed by atoms with Crippen LogP contribution < -0.4 is 10.6 Å². The van der Waals surface area contributed by atoms with Gasteiger partial charge >= 0.3 is 6.03 Å². The maximum absolute atomic E-state index is 12.0. The van der Waals surface area contributed by atoms with E-state index in [1.54, 1.807) is 29.2 Å². The van der Waals surface area contributed by atoms with Gasteiger partial charge in [0.1, 0.15) is 0 Å². The first kappa shape index (κ1) is 16.4. The summed E-state index contributed by atoms with van der Waals surface area (Å²) in [6, 6.07) is 7.00. The SMILES string of the molecule is O=C(NCC1(O)CCCCCC1)Nc1ccc(-n2ccnn2)cc1. The Balaban J connectivity index is 1.51. The maximum Gasteiger partial charge on any atom is 0.319 e. The Morgan fingerprint density at radius 1 is 1.17 bits per heavy atom. The normalized spacial score (nSPS) is 17.0. The fraction of sp³-hybridized carbons (Fsp3) is 0.471. The van der Waals surface area contributed by atoms with Gasteiger partial charge in [-0.2, -0.15) is 0 Å². The average molecular weight is 329 g/mol. The van der Waals surface area contributed by atoms with Crippen molar-refractivity contribution in [1.29, 1.82) is 0 Å². The summed E-state index contributed by atoms with van der Waals surface area (Å²) in [4.78, 5) is 12.0. The van der Waals surface area contributed by atoms with Gasteiger partial charge in [-0.1, -0.05) is 30.9 Å². The molecule has 0 radical (unpaired) electrons. The van der Waals surface area contributed by atoms with Crippen LogP contribution in [0.4, 0.5) is 10.5 Å². The molecule has 1 aliphatic carbocycles. The van der Waals surface area contributed by atoms with Crippen molar-refractivity contribution in [2.45, 2.75) is 44.1 Å². The monoisotopic (exact) mass is 329 g/mol. The topological polar surface area (TPSA) is 92.1 Å². The lowest BCUT2D eigenvalue weighted by molar-refractivity contribution is 0.0281. The number of hydrogen-bond donors (Lipinski definition) is 3. The van der Waals surface area contributed by atoms with Gasteiger partial charge in [-0.3, -0.25) is 0 Å². The second-order valence-electron chi connectivity index (χ2n) is 6.34. The molecule has 3 N–H and O–H groups in total. The molecule has 1 fully saturated rings. The first-order chi connectivity index (χ1) is 11.6. The summed E-state index contributed by atoms with van der Waals surface area (Å²) in [6.45, 7) is 0.288. The van der Waals surface area contributed by atoms with Crippen LogP contribution in [0.15, 0.2) is 36.7 Å². The Kier molecular flexibility index (Phi) is 5.10. The van der Waals surface area contributed by atoms with Gasteiger partial charge in [-0.25, -0.2) is 9.48 Å². The van der Waals surface area contributed by atoms with Crippen molar-refractivity contribution in [3.05, 3.63) is 36.7 Å². The number of aliphatic hydroxyl groups is 1. The summed E-state index contributed by atoms with van der Waals surface area (Å²) in [6.07, 6.45) is 9.21. The molecular formula is C17H23N5O2. The van der Waals surface area contributed by atoms with Gasteiger partial charge in [-0.15, -0.1) is 5.10 Å². The van der Waals surface area contributed by atoms with E-state index in [0.717, 1.165) is 44.2 Å². The Bertz CT molecular complexity index is 646. The van der Waals surface area contributed by atoms with E-state index in [4.69, 9.17) is 0 Å². The second-order valence-corrected chi connectivity index (χ2v) is 6.34. The van der Waals surface area contributed by atoms with Crippen molar-refractivity contribution >= 4 is 11.7 Å². The highest BCUT2D eigenvalue weighted by atomic mass is 16.3. The smallest absolute Gasteiger partial charge is 0.319 e. The Morgan fingerprint density at radius 2 is 1.88 bits per heavy atom. The Morgan fingerprint density at radius 3 is 2.50 bits per heavy atom. The molecule has 1 heterocycles. The van der Waals surface area contributed by atoms with Gasteiger partial charge in [0.05, 0.1) is 23.7 Å². The van der Waals surface area contributed by atoms with Crippen molar-refractivity contribution < 1.29 is 9.90 Å². The fourth-order valence-electron chi connectivity index (χ4n) is 3.03. The molecule has 7 heteroatoms. The molecule has 128 valence electrons. The predicted molar refractivity (Wildman–Crippen MR) is 91.0 cm³/mol. The Labute approximate surface area is 141 Å². The third-order valence-electron chi connectivity index (χ3n) is 4.42. The fourth-order valence-corrected chi connectivity index (χ4v) is 3.03. The van der Waals surface area contributed by atoms with Crippen LogP contribution in [0.3, 0.4) is 0 Å². The number of rotatable bonds is 4. The summed E-state index contributed by atoms with van der Waals surface area (Å²) >= 11 is 0. The number of hydrogen-bond acceptors (Lipinski definition) is 4. The molecule has 1 aromatic carbocycles. The molecule has 2 amide bonds. The zero-order valence-electron chi connectivity index (χ0n) is 13.6. The van der Waals surface area contributed by atoms with Gasteiger partial charge in [0, 0.05) is 12.2 Å². The third-order valence-corrected chi connectivity index (χ3v) is 4.42. The molecular weight excluding hydrogens is 306 g/mol. The number of benzene rings is 1. The number of carbonyl (C=O) groups is 1. The maximum atomic E-state index is 12.0. The molecule has 0 bridgehead atoms. The second kappa shape index (κ2) is 7.44. The third kappa shape index (κ3) is 4.32. The number of nitrogens with zero attached hydrogens (tertiary/aromatic N) is 3. The van der Waals surface area contributed by atoms with Gasteiger partial charge in [0.25, 0.3) is 0 Å². The summed E-state index contributed by atoms with van der Waals surface area (Å²) in [5.41, 5.74) is 0.778. The molecule has 1 saturated carbocycles. The Hall–Kier alpha value is -2.41. The number of amides is 2. The van der Waals surface area contributed by atoms with E-state index >= 15 is 0 Å². The lowest BCUT2D eigenvalue weighted by atomic mass is 9.95. The predicted octanol–water partition coefficient (Wildman–Crippen LogP) is 2.47. The van der Waals surface area contributed by atoms with Crippen molar-refractivity contribution in [3.8, 4) is 5.69 Å². The summed E-state index contributed by atoms with van der Waals surface area (Å²) in [7, 11) is 0. The van der Waals surface area contributed by atoms with Crippen LogP contribution in [0, 0.1) is 0 Å². The lowest BCUT2D eigenvalue weighted by Crippen LogP contribution is -2.44. The van der Waals surface area contributed by atoms with Crippen LogP contribution in [-0.4, -0.2) is 38.3 Å². The molecule has 0 unspecified atom stereocenters. The summed E-state index contributed by atoms with van der Waals surface area (Å²) in [5.74, 6) is 0. The lowest BCUT2D eigenvalue weighted by Gasteiger charge is -2.26.